The van der Waals surface area contributed by atoms with Gasteiger partial charge < -0.3 is 11.1 Å². The molecule has 2 aromatic carbocycles. The van der Waals surface area contributed by atoms with Crippen molar-refractivity contribution in [2.45, 2.75) is 13.0 Å². The fourth-order valence-corrected chi connectivity index (χ4v) is 2.89. The van der Waals surface area contributed by atoms with E-state index in [1.165, 1.54) is 0 Å². The molecule has 0 aromatic heterocycles. The van der Waals surface area contributed by atoms with Crippen molar-refractivity contribution in [3.8, 4) is 0 Å². The van der Waals surface area contributed by atoms with Gasteiger partial charge in [0, 0.05) is 14.6 Å². The number of benzene rings is 2. The van der Waals surface area contributed by atoms with Crippen molar-refractivity contribution >= 4 is 43.5 Å². The number of carbonyl (C=O) groups excluding carboxylic acids is 1. The zero-order valence-corrected chi connectivity index (χ0v) is 14.0. The topological polar surface area (TPSA) is 55.1 Å². The van der Waals surface area contributed by atoms with Gasteiger partial charge in [-0.25, -0.2) is 0 Å². The lowest BCUT2D eigenvalue weighted by Crippen LogP contribution is -2.27. The SMILES string of the molecule is CC(NC(=O)c1cc(Br)ccc1N)c1ccccc1Br. The lowest BCUT2D eigenvalue weighted by Gasteiger charge is -2.16. The van der Waals surface area contributed by atoms with E-state index in [1.807, 2.05) is 37.3 Å². The number of rotatable bonds is 3. The molecule has 1 atom stereocenters. The molecule has 2 rings (SSSR count). The van der Waals surface area contributed by atoms with Gasteiger partial charge >= 0.3 is 0 Å². The van der Waals surface area contributed by atoms with E-state index in [0.29, 0.717) is 11.3 Å². The maximum atomic E-state index is 12.3. The molecule has 0 radical (unpaired) electrons. The fourth-order valence-electron chi connectivity index (χ4n) is 1.90. The first-order valence-electron chi connectivity index (χ1n) is 6.09. The number of amides is 1. The van der Waals surface area contributed by atoms with Crippen LogP contribution in [0.2, 0.25) is 0 Å². The summed E-state index contributed by atoms with van der Waals surface area (Å²) in [5.74, 6) is -0.188. The third-order valence-electron chi connectivity index (χ3n) is 2.98. The third kappa shape index (κ3) is 3.41. The summed E-state index contributed by atoms with van der Waals surface area (Å²) in [5, 5.41) is 2.95. The molecule has 3 nitrogen and oxygen atoms in total. The number of anilines is 1. The summed E-state index contributed by atoms with van der Waals surface area (Å²) in [4.78, 5) is 12.3. The number of hydrogen-bond acceptors (Lipinski definition) is 2. The van der Waals surface area contributed by atoms with Crippen LogP contribution in [0.1, 0.15) is 28.9 Å². The summed E-state index contributed by atoms with van der Waals surface area (Å²) >= 11 is 6.83. The molecule has 104 valence electrons. The second-order valence-electron chi connectivity index (χ2n) is 4.45. The average molecular weight is 398 g/mol. The van der Waals surface area contributed by atoms with Crippen LogP contribution in [0.15, 0.2) is 51.4 Å². The van der Waals surface area contributed by atoms with Gasteiger partial charge in [0.25, 0.3) is 5.91 Å². The Morgan fingerprint density at radius 3 is 2.60 bits per heavy atom. The van der Waals surface area contributed by atoms with Gasteiger partial charge in [-0.15, -0.1) is 0 Å². The van der Waals surface area contributed by atoms with Crippen molar-refractivity contribution in [3.05, 3.63) is 62.5 Å². The largest absolute Gasteiger partial charge is 0.398 e. The van der Waals surface area contributed by atoms with Crippen LogP contribution in [0.4, 0.5) is 5.69 Å². The molecule has 0 aliphatic rings. The molecular weight excluding hydrogens is 384 g/mol. The number of nitrogens with one attached hydrogen (secondary N) is 1. The minimum absolute atomic E-state index is 0.114. The van der Waals surface area contributed by atoms with Crippen LogP contribution < -0.4 is 11.1 Å². The van der Waals surface area contributed by atoms with Crippen molar-refractivity contribution in [1.82, 2.24) is 5.32 Å². The number of hydrogen-bond donors (Lipinski definition) is 2. The molecule has 5 heteroatoms. The zero-order valence-electron chi connectivity index (χ0n) is 10.9. The first-order chi connectivity index (χ1) is 9.49. The highest BCUT2D eigenvalue weighted by Gasteiger charge is 2.15. The summed E-state index contributed by atoms with van der Waals surface area (Å²) in [5.41, 5.74) is 7.80. The number of nitrogens with two attached hydrogens (primary N) is 1. The Bertz CT molecular complexity index is 644. The van der Waals surface area contributed by atoms with Crippen molar-refractivity contribution in [2.75, 3.05) is 5.73 Å². The van der Waals surface area contributed by atoms with Crippen LogP contribution in [0.25, 0.3) is 0 Å². The Balaban J connectivity index is 2.20. The predicted molar refractivity (Wildman–Crippen MR) is 88.6 cm³/mol. The van der Waals surface area contributed by atoms with Gasteiger partial charge in [0.05, 0.1) is 11.6 Å². The Morgan fingerprint density at radius 1 is 1.20 bits per heavy atom. The Kier molecular flexibility index (Phi) is 4.83. The smallest absolute Gasteiger partial charge is 0.253 e. The van der Waals surface area contributed by atoms with Crippen LogP contribution in [0.5, 0.6) is 0 Å². The van der Waals surface area contributed by atoms with E-state index in [2.05, 4.69) is 37.2 Å². The van der Waals surface area contributed by atoms with Gasteiger partial charge in [-0.2, -0.15) is 0 Å². The summed E-state index contributed by atoms with van der Waals surface area (Å²) in [6.07, 6.45) is 0. The normalized spacial score (nSPS) is 11.9. The second kappa shape index (κ2) is 6.41. The van der Waals surface area contributed by atoms with Crippen LogP contribution in [-0.4, -0.2) is 5.91 Å². The van der Waals surface area contributed by atoms with Crippen LogP contribution in [0.3, 0.4) is 0 Å². The molecule has 20 heavy (non-hydrogen) atoms. The minimum Gasteiger partial charge on any atom is -0.398 e. The van der Waals surface area contributed by atoms with Gasteiger partial charge in [0.1, 0.15) is 0 Å². The van der Waals surface area contributed by atoms with Gasteiger partial charge in [0.2, 0.25) is 0 Å². The molecule has 1 amide bonds. The van der Waals surface area contributed by atoms with Gasteiger partial charge in [0.15, 0.2) is 0 Å². The van der Waals surface area contributed by atoms with Crippen molar-refractivity contribution in [2.24, 2.45) is 0 Å². The molecule has 0 aliphatic carbocycles. The van der Waals surface area contributed by atoms with E-state index < -0.39 is 0 Å². The monoisotopic (exact) mass is 396 g/mol. The zero-order chi connectivity index (χ0) is 14.7. The maximum absolute atomic E-state index is 12.3. The Labute approximate surface area is 134 Å². The highest BCUT2D eigenvalue weighted by Crippen LogP contribution is 2.24. The second-order valence-corrected chi connectivity index (χ2v) is 6.22. The molecule has 1 unspecified atom stereocenters. The van der Waals surface area contributed by atoms with Crippen molar-refractivity contribution in [1.29, 1.82) is 0 Å². The van der Waals surface area contributed by atoms with Gasteiger partial charge in [-0.1, -0.05) is 50.1 Å². The minimum atomic E-state index is -0.188. The van der Waals surface area contributed by atoms with Crippen molar-refractivity contribution in [3.63, 3.8) is 0 Å². The molecule has 0 spiro atoms. The number of carbonyl (C=O) groups is 1. The lowest BCUT2D eigenvalue weighted by molar-refractivity contribution is 0.0940. The lowest BCUT2D eigenvalue weighted by atomic mass is 10.1. The summed E-state index contributed by atoms with van der Waals surface area (Å²) in [6, 6.07) is 12.9. The van der Waals surface area contributed by atoms with Crippen LogP contribution in [0, 0.1) is 0 Å². The summed E-state index contributed by atoms with van der Waals surface area (Å²) < 4.78 is 1.79. The predicted octanol–water partition coefficient (Wildman–Crippen LogP) is 4.28. The molecule has 3 N–H and O–H groups in total. The van der Waals surface area contributed by atoms with E-state index in [1.54, 1.807) is 12.1 Å². The van der Waals surface area contributed by atoms with E-state index in [4.69, 9.17) is 5.73 Å². The summed E-state index contributed by atoms with van der Waals surface area (Å²) in [6.45, 7) is 1.94. The standard InChI is InChI=1S/C15H14Br2N2O/c1-9(11-4-2-3-5-13(11)17)19-15(20)12-8-10(16)6-7-14(12)18/h2-9H,18H2,1H3,(H,19,20). The van der Waals surface area contributed by atoms with Crippen LogP contribution in [-0.2, 0) is 0 Å². The molecule has 0 fully saturated rings. The molecular formula is C15H14Br2N2O. The van der Waals surface area contributed by atoms with E-state index in [0.717, 1.165) is 14.5 Å². The summed E-state index contributed by atoms with van der Waals surface area (Å²) in [7, 11) is 0. The van der Waals surface area contributed by atoms with Crippen LogP contribution >= 0.6 is 31.9 Å². The first-order valence-corrected chi connectivity index (χ1v) is 7.68. The molecule has 0 saturated carbocycles. The third-order valence-corrected chi connectivity index (χ3v) is 4.19. The van der Waals surface area contributed by atoms with E-state index in [9.17, 15) is 4.79 Å². The van der Waals surface area contributed by atoms with E-state index in [-0.39, 0.29) is 11.9 Å². The first kappa shape index (κ1) is 15.1. The van der Waals surface area contributed by atoms with Gasteiger partial charge in [-0.3, -0.25) is 4.79 Å². The Morgan fingerprint density at radius 2 is 1.90 bits per heavy atom. The quantitative estimate of drug-likeness (QED) is 0.759. The highest BCUT2D eigenvalue weighted by atomic mass is 79.9. The highest BCUT2D eigenvalue weighted by molar-refractivity contribution is 9.10. The molecule has 0 bridgehead atoms. The molecule has 0 saturated heterocycles. The maximum Gasteiger partial charge on any atom is 0.253 e. The fraction of sp³-hybridized carbons (Fsp3) is 0.133. The number of halogens is 2. The number of nitrogen functional groups attached to an aromatic ring is 1. The molecule has 0 aliphatic heterocycles. The Hall–Kier alpha value is -1.33. The van der Waals surface area contributed by atoms with Crippen molar-refractivity contribution < 1.29 is 4.79 Å². The average Bonchev–Trinajstić information content (AvgIpc) is 2.41. The van der Waals surface area contributed by atoms with E-state index >= 15 is 0 Å². The molecule has 0 heterocycles. The molecule has 2 aromatic rings. The van der Waals surface area contributed by atoms with Gasteiger partial charge in [-0.05, 0) is 36.8 Å².